The molecule has 1 aromatic heterocycles. The predicted molar refractivity (Wildman–Crippen MR) is 109 cm³/mol. The lowest BCUT2D eigenvalue weighted by molar-refractivity contribution is 0.346. The van der Waals surface area contributed by atoms with Gasteiger partial charge in [-0.3, -0.25) is 0 Å². The molecule has 0 bridgehead atoms. The summed E-state index contributed by atoms with van der Waals surface area (Å²) in [6, 6.07) is 9.92. The van der Waals surface area contributed by atoms with Crippen LogP contribution < -0.4 is 20.5 Å². The van der Waals surface area contributed by atoms with Gasteiger partial charge < -0.3 is 15.4 Å². The van der Waals surface area contributed by atoms with Crippen LogP contribution in [0, 0.1) is 29.9 Å². The Bertz CT molecular complexity index is 1280. The van der Waals surface area contributed by atoms with Gasteiger partial charge in [0.1, 0.15) is 6.07 Å². The zero-order valence-electron chi connectivity index (χ0n) is 16.1. The Morgan fingerprint density at radius 3 is 2.52 bits per heavy atom. The highest BCUT2D eigenvalue weighted by molar-refractivity contribution is 7.89. The third kappa shape index (κ3) is 5.41. The summed E-state index contributed by atoms with van der Waals surface area (Å²) in [6.07, 6.45) is 0.896. The number of ether oxygens (including phenoxy) is 1. The van der Waals surface area contributed by atoms with Gasteiger partial charge in [0.25, 0.3) is 0 Å². The van der Waals surface area contributed by atoms with Crippen molar-refractivity contribution in [1.29, 1.82) is 5.26 Å². The summed E-state index contributed by atoms with van der Waals surface area (Å²) in [5.41, 5.74) is 0.953. The van der Waals surface area contributed by atoms with Crippen LogP contribution >= 0.6 is 0 Å². The third-order valence-corrected chi connectivity index (χ3v) is 5.03. The number of aryl methyl sites for hydroxylation is 1. The van der Waals surface area contributed by atoms with E-state index in [4.69, 9.17) is 15.1 Å². The van der Waals surface area contributed by atoms with Crippen molar-refractivity contribution < 1.29 is 21.9 Å². The molecule has 0 aliphatic carbocycles. The van der Waals surface area contributed by atoms with E-state index in [1.165, 1.54) is 18.2 Å². The van der Waals surface area contributed by atoms with Gasteiger partial charge >= 0.3 is 0 Å². The molecule has 9 nitrogen and oxygen atoms in total. The van der Waals surface area contributed by atoms with Gasteiger partial charge in [-0.15, -0.1) is 0 Å². The topological polar surface area (TPSA) is 143 Å². The molecule has 3 rings (SSSR count). The highest BCUT2D eigenvalue weighted by atomic mass is 32.2. The first-order valence-corrected chi connectivity index (χ1v) is 10.2. The van der Waals surface area contributed by atoms with Gasteiger partial charge in [0, 0.05) is 17.4 Å². The second kappa shape index (κ2) is 8.90. The van der Waals surface area contributed by atoms with Gasteiger partial charge in [0.05, 0.1) is 11.1 Å². The van der Waals surface area contributed by atoms with E-state index in [9.17, 15) is 17.2 Å². The number of hydrogen-bond donors (Lipinski definition) is 3. The lowest BCUT2D eigenvalue weighted by Gasteiger charge is -2.12. The first-order chi connectivity index (χ1) is 14.7. The molecule has 3 aromatic rings. The minimum atomic E-state index is -3.93. The molecule has 2 aromatic carbocycles. The molecule has 0 radical (unpaired) electrons. The van der Waals surface area contributed by atoms with Crippen molar-refractivity contribution in [2.24, 2.45) is 5.14 Å². The number of hydrogen-bond acceptors (Lipinski definition) is 8. The number of nitrogens with two attached hydrogens (primary N) is 1. The van der Waals surface area contributed by atoms with Crippen LogP contribution in [-0.4, -0.2) is 25.0 Å². The van der Waals surface area contributed by atoms with Gasteiger partial charge in [0.2, 0.25) is 16.0 Å². The van der Waals surface area contributed by atoms with E-state index < -0.39 is 21.7 Å². The fraction of sp³-hybridized carbons (Fsp3) is 0.105. The number of primary sulfonamides is 1. The average molecular weight is 446 g/mol. The normalized spacial score (nSPS) is 10.9. The maximum absolute atomic E-state index is 14.1. The Kier molecular flexibility index (Phi) is 6.28. The number of aromatic nitrogens is 2. The van der Waals surface area contributed by atoms with Crippen LogP contribution in [0.15, 0.2) is 47.5 Å². The summed E-state index contributed by atoms with van der Waals surface area (Å²) in [6.45, 7) is 1.28. The van der Waals surface area contributed by atoms with Crippen molar-refractivity contribution >= 4 is 33.2 Å². The first kappa shape index (κ1) is 21.9. The molecule has 1 heterocycles. The predicted octanol–water partition coefficient (Wildman–Crippen LogP) is 3.10. The second-order valence-corrected chi connectivity index (χ2v) is 7.79. The van der Waals surface area contributed by atoms with Crippen LogP contribution in [-0.2, 0) is 10.0 Å². The van der Waals surface area contributed by atoms with Gasteiger partial charge in [-0.05, 0) is 36.8 Å². The van der Waals surface area contributed by atoms with E-state index in [1.807, 2.05) is 0 Å². The second-order valence-electron chi connectivity index (χ2n) is 6.26. The first-order valence-electron chi connectivity index (χ1n) is 8.66. The smallest absolute Gasteiger partial charge is 0.238 e. The minimum Gasteiger partial charge on any atom is -0.476 e. The molecule has 160 valence electrons. The summed E-state index contributed by atoms with van der Waals surface area (Å²) in [5, 5.41) is 19.1. The van der Waals surface area contributed by atoms with E-state index in [0.29, 0.717) is 11.3 Å². The molecule has 12 heteroatoms. The van der Waals surface area contributed by atoms with E-state index >= 15 is 0 Å². The largest absolute Gasteiger partial charge is 0.476 e. The molecule has 0 saturated carbocycles. The van der Waals surface area contributed by atoms with Crippen LogP contribution in [0.5, 0.6) is 5.75 Å². The molecule has 0 aliphatic heterocycles. The van der Waals surface area contributed by atoms with Crippen molar-refractivity contribution in [2.75, 3.05) is 17.2 Å². The highest BCUT2D eigenvalue weighted by Crippen LogP contribution is 2.26. The van der Waals surface area contributed by atoms with Crippen LogP contribution in [0.1, 0.15) is 5.56 Å². The lowest BCUT2D eigenvalue weighted by atomic mass is 10.2. The number of halogens is 2. The Hall–Kier alpha value is -3.82. The fourth-order valence-electron chi connectivity index (χ4n) is 2.57. The summed E-state index contributed by atoms with van der Waals surface area (Å²) in [7, 11) is -3.93. The molecule has 31 heavy (non-hydrogen) atoms. The third-order valence-electron chi connectivity index (χ3n) is 3.98. The summed E-state index contributed by atoms with van der Waals surface area (Å²) < 4.78 is 56.5. The van der Waals surface area contributed by atoms with Gasteiger partial charge in [-0.1, -0.05) is 6.07 Å². The van der Waals surface area contributed by atoms with E-state index in [1.54, 1.807) is 25.1 Å². The molecule has 0 amide bonds. The molecule has 0 saturated heterocycles. The van der Waals surface area contributed by atoms with E-state index in [0.717, 1.165) is 12.3 Å². The number of benzene rings is 2. The molecular formula is C19H16F2N6O3S. The Labute approximate surface area is 176 Å². The number of nitriles is 1. The fourth-order valence-corrected chi connectivity index (χ4v) is 3.38. The molecule has 0 unspecified atom stereocenters. The quantitative estimate of drug-likeness (QED) is 0.502. The van der Waals surface area contributed by atoms with E-state index in [-0.39, 0.29) is 34.7 Å². The van der Waals surface area contributed by atoms with Gasteiger partial charge in [0.15, 0.2) is 29.8 Å². The van der Waals surface area contributed by atoms with Crippen molar-refractivity contribution in [3.8, 4) is 11.8 Å². The van der Waals surface area contributed by atoms with Gasteiger partial charge in [-0.2, -0.15) is 10.2 Å². The Balaban J connectivity index is 1.83. The van der Waals surface area contributed by atoms with Crippen molar-refractivity contribution in [1.82, 2.24) is 9.97 Å². The van der Waals surface area contributed by atoms with Crippen molar-refractivity contribution in [3.05, 3.63) is 59.8 Å². The molecule has 0 atom stereocenters. The number of nitrogens with one attached hydrogen (secondary N) is 2. The zero-order chi connectivity index (χ0) is 22.6. The summed E-state index contributed by atoms with van der Waals surface area (Å²) >= 11 is 0. The van der Waals surface area contributed by atoms with Crippen LogP contribution in [0.2, 0.25) is 0 Å². The van der Waals surface area contributed by atoms with Crippen LogP contribution in [0.25, 0.3) is 0 Å². The molecule has 0 fully saturated rings. The lowest BCUT2D eigenvalue weighted by Crippen LogP contribution is -2.14. The van der Waals surface area contributed by atoms with E-state index in [2.05, 4.69) is 20.6 Å². The molecule has 4 N–H and O–H groups in total. The number of anilines is 4. The number of rotatable bonds is 7. The monoisotopic (exact) mass is 446 g/mol. The molecular weight excluding hydrogens is 430 g/mol. The summed E-state index contributed by atoms with van der Waals surface area (Å²) in [5.74, 6) is -1.96. The van der Waals surface area contributed by atoms with Crippen molar-refractivity contribution in [3.63, 3.8) is 0 Å². The maximum Gasteiger partial charge on any atom is 0.238 e. The van der Waals surface area contributed by atoms with Crippen LogP contribution in [0.3, 0.4) is 0 Å². The zero-order valence-corrected chi connectivity index (χ0v) is 16.9. The Morgan fingerprint density at radius 1 is 1.13 bits per heavy atom. The maximum atomic E-state index is 14.1. The van der Waals surface area contributed by atoms with Crippen molar-refractivity contribution in [2.45, 2.75) is 11.8 Å². The van der Waals surface area contributed by atoms with Gasteiger partial charge in [-0.25, -0.2) is 27.3 Å². The summed E-state index contributed by atoms with van der Waals surface area (Å²) in [4.78, 5) is 7.73. The number of nitrogens with zero attached hydrogens (tertiary/aromatic N) is 3. The molecule has 0 aliphatic rings. The standard InChI is InChI=1S/C19H16F2N6O3S/c1-11-2-3-13(9-17(11)31(23,28)29)26-19-24-10-15(21)18(27-19)25-12-4-5-16(14(20)8-12)30-7-6-22/h2-5,8-10H,7H2,1H3,(H2,23,28,29)(H2,24,25,26,27). The minimum absolute atomic E-state index is 0.0393. The Morgan fingerprint density at radius 2 is 1.84 bits per heavy atom. The SMILES string of the molecule is Cc1ccc(Nc2ncc(F)c(Nc3ccc(OCC#N)c(F)c3)n2)cc1S(N)(=O)=O. The highest BCUT2D eigenvalue weighted by Gasteiger charge is 2.14. The van der Waals surface area contributed by atoms with Crippen LogP contribution in [0.4, 0.5) is 31.9 Å². The molecule has 0 spiro atoms. The average Bonchev–Trinajstić information content (AvgIpc) is 2.70. The number of sulfonamides is 1.